The van der Waals surface area contributed by atoms with Crippen molar-refractivity contribution in [2.75, 3.05) is 49.3 Å². The zero-order valence-electron chi connectivity index (χ0n) is 22.7. The average Bonchev–Trinajstić information content (AvgIpc) is 3.34. The van der Waals surface area contributed by atoms with E-state index >= 15 is 0 Å². The van der Waals surface area contributed by atoms with Crippen molar-refractivity contribution in [3.63, 3.8) is 0 Å². The first-order chi connectivity index (χ1) is 18.3. The molecule has 1 aliphatic carbocycles. The summed E-state index contributed by atoms with van der Waals surface area (Å²) >= 11 is 13.1. The van der Waals surface area contributed by atoms with Crippen molar-refractivity contribution >= 4 is 44.9 Å². The van der Waals surface area contributed by atoms with E-state index in [9.17, 15) is 8.42 Å². The molecule has 1 saturated carbocycles. The molecule has 10 nitrogen and oxygen atoms in total. The van der Waals surface area contributed by atoms with E-state index in [1.165, 1.54) is 7.05 Å². The number of aromatic nitrogens is 3. The number of nitrogens with zero attached hydrogens (tertiary/aromatic N) is 5. The van der Waals surface area contributed by atoms with Gasteiger partial charge in [0.15, 0.2) is 5.82 Å². The van der Waals surface area contributed by atoms with Crippen molar-refractivity contribution < 1.29 is 17.6 Å². The number of methoxy groups -OCH3 is 1. The molecule has 0 saturated heterocycles. The molecule has 0 unspecified atom stereocenters. The van der Waals surface area contributed by atoms with Gasteiger partial charge in [0, 0.05) is 38.7 Å². The van der Waals surface area contributed by atoms with Gasteiger partial charge in [0.05, 0.1) is 29.0 Å². The lowest BCUT2D eigenvalue weighted by Crippen LogP contribution is -2.36. The number of nitrogens with two attached hydrogens (primary N) is 1. The van der Waals surface area contributed by atoms with Gasteiger partial charge in [-0.3, -0.25) is 4.31 Å². The topological polar surface area (TPSA) is 128 Å². The second-order valence-corrected chi connectivity index (χ2v) is 13.2. The molecule has 2 aromatic heterocycles. The molecule has 212 valence electrons. The maximum Gasteiger partial charge on any atom is 0.249 e. The van der Waals surface area contributed by atoms with E-state index in [2.05, 4.69) is 27.0 Å². The number of anilines is 2. The second kappa shape index (κ2) is 11.6. The summed E-state index contributed by atoms with van der Waals surface area (Å²) in [7, 11) is -0.634. The summed E-state index contributed by atoms with van der Waals surface area (Å²) in [5.41, 5.74) is 6.76. The second-order valence-electron chi connectivity index (χ2n) is 10.4. The van der Waals surface area contributed by atoms with E-state index in [0.29, 0.717) is 47.8 Å². The third-order valence-electron chi connectivity index (χ3n) is 7.00. The van der Waals surface area contributed by atoms with Gasteiger partial charge in [0.25, 0.3) is 0 Å². The minimum absolute atomic E-state index is 0.0595. The van der Waals surface area contributed by atoms with E-state index in [1.54, 1.807) is 26.2 Å². The number of benzene rings is 1. The SMILES string of the molecule is COCCN(C[C@H]1C[C@@H]1C)c1cc(-c2nnc([C@](C)(N)Cc3ccccc3Cl)o2)c(Cl)c(N(C)S(C)(=O)=O)n1. The molecule has 1 aliphatic rings. The van der Waals surface area contributed by atoms with Crippen LogP contribution in [0, 0.1) is 11.8 Å². The zero-order valence-corrected chi connectivity index (χ0v) is 25.0. The van der Waals surface area contributed by atoms with Crippen molar-refractivity contribution in [1.29, 1.82) is 0 Å². The predicted molar refractivity (Wildman–Crippen MR) is 154 cm³/mol. The van der Waals surface area contributed by atoms with Crippen molar-refractivity contribution in [3.8, 4) is 11.5 Å². The highest BCUT2D eigenvalue weighted by Crippen LogP contribution is 2.41. The summed E-state index contributed by atoms with van der Waals surface area (Å²) in [6, 6.07) is 9.15. The van der Waals surface area contributed by atoms with Crippen molar-refractivity contribution in [3.05, 3.63) is 51.8 Å². The van der Waals surface area contributed by atoms with Crippen LogP contribution in [0.4, 0.5) is 11.6 Å². The lowest BCUT2D eigenvalue weighted by Gasteiger charge is -2.26. The first-order valence-electron chi connectivity index (χ1n) is 12.6. The lowest BCUT2D eigenvalue weighted by atomic mass is 9.94. The van der Waals surface area contributed by atoms with Crippen LogP contribution >= 0.6 is 23.2 Å². The molecule has 2 N–H and O–H groups in total. The van der Waals surface area contributed by atoms with Gasteiger partial charge >= 0.3 is 0 Å². The summed E-state index contributed by atoms with van der Waals surface area (Å²) in [4.78, 5) is 6.73. The van der Waals surface area contributed by atoms with Crippen LogP contribution in [-0.2, 0) is 26.7 Å². The standard InChI is InChI=1S/C26H34Cl2N6O4S/c1-16-12-18(16)15-34(10-11-37-4)21-13-19(22(28)23(30-21)33(3)39(5,35)36)24-31-32-25(38-24)26(2,29)14-17-8-6-7-9-20(17)27/h6-9,13,16,18H,10-12,14-15,29H2,1-5H3/t16-,18+,26+/m0/s1. The van der Waals surface area contributed by atoms with Crippen molar-refractivity contribution in [2.24, 2.45) is 17.6 Å². The molecule has 2 heterocycles. The molecule has 13 heteroatoms. The molecule has 1 fully saturated rings. The fraction of sp³-hybridized carbons (Fsp3) is 0.500. The maximum atomic E-state index is 12.5. The summed E-state index contributed by atoms with van der Waals surface area (Å²) in [5, 5.41) is 9.11. The summed E-state index contributed by atoms with van der Waals surface area (Å²) < 4.78 is 37.4. The molecule has 4 rings (SSSR count). The number of hydrogen-bond acceptors (Lipinski definition) is 9. The van der Waals surface area contributed by atoms with E-state index in [1.807, 2.05) is 18.2 Å². The zero-order chi connectivity index (χ0) is 28.5. The van der Waals surface area contributed by atoms with Gasteiger partial charge in [-0.2, -0.15) is 0 Å². The van der Waals surface area contributed by atoms with Crippen LogP contribution in [0.2, 0.25) is 10.0 Å². The van der Waals surface area contributed by atoms with Crippen LogP contribution in [0.25, 0.3) is 11.5 Å². The number of halogens is 2. The van der Waals surface area contributed by atoms with Gasteiger partial charge in [0.1, 0.15) is 5.82 Å². The molecule has 0 amide bonds. The maximum absolute atomic E-state index is 12.5. The van der Waals surface area contributed by atoms with Crippen LogP contribution in [0.1, 0.15) is 31.7 Å². The monoisotopic (exact) mass is 596 g/mol. The lowest BCUT2D eigenvalue weighted by molar-refractivity contribution is 0.204. The van der Waals surface area contributed by atoms with Crippen LogP contribution < -0.4 is 14.9 Å². The van der Waals surface area contributed by atoms with E-state index in [4.69, 9.17) is 38.1 Å². The Bertz CT molecular complexity index is 1430. The smallest absolute Gasteiger partial charge is 0.249 e. The van der Waals surface area contributed by atoms with Gasteiger partial charge in [-0.15, -0.1) is 10.2 Å². The van der Waals surface area contributed by atoms with E-state index in [-0.39, 0.29) is 22.6 Å². The average molecular weight is 598 g/mol. The number of sulfonamides is 1. The first-order valence-corrected chi connectivity index (χ1v) is 15.2. The number of rotatable bonds is 12. The number of ether oxygens (including phenoxy) is 1. The normalized spacial score (nSPS) is 18.6. The minimum atomic E-state index is -3.67. The number of pyridine rings is 1. The molecular weight excluding hydrogens is 563 g/mol. The van der Waals surface area contributed by atoms with Crippen LogP contribution in [-0.4, -0.2) is 63.7 Å². The molecule has 3 atom stereocenters. The highest BCUT2D eigenvalue weighted by molar-refractivity contribution is 7.92. The molecule has 0 spiro atoms. The molecular formula is C26H34Cl2N6O4S. The highest BCUT2D eigenvalue weighted by atomic mass is 35.5. The molecule has 0 aliphatic heterocycles. The van der Waals surface area contributed by atoms with Crippen molar-refractivity contribution in [2.45, 2.75) is 32.2 Å². The van der Waals surface area contributed by atoms with Crippen LogP contribution in [0.15, 0.2) is 34.7 Å². The van der Waals surface area contributed by atoms with Crippen LogP contribution in [0.5, 0.6) is 0 Å². The largest absolute Gasteiger partial charge is 0.419 e. The molecule has 39 heavy (non-hydrogen) atoms. The van der Waals surface area contributed by atoms with Gasteiger partial charge in [0.2, 0.25) is 21.8 Å². The molecule has 3 aromatic rings. The third-order valence-corrected chi connectivity index (χ3v) is 8.91. The Morgan fingerprint density at radius 1 is 1.26 bits per heavy atom. The van der Waals surface area contributed by atoms with Gasteiger partial charge < -0.3 is 19.8 Å². The Balaban J connectivity index is 1.76. The Hall–Kier alpha value is -2.44. The number of hydrogen-bond donors (Lipinski definition) is 1. The quantitative estimate of drug-likeness (QED) is 0.324. The molecule has 0 bridgehead atoms. The van der Waals surface area contributed by atoms with Crippen LogP contribution in [0.3, 0.4) is 0 Å². The summed E-state index contributed by atoms with van der Waals surface area (Å²) in [6.45, 7) is 5.75. The van der Waals surface area contributed by atoms with Crippen molar-refractivity contribution in [1.82, 2.24) is 15.2 Å². The Morgan fingerprint density at radius 3 is 2.56 bits per heavy atom. The van der Waals surface area contributed by atoms with Gasteiger partial charge in [-0.25, -0.2) is 13.4 Å². The molecule has 0 radical (unpaired) electrons. The van der Waals surface area contributed by atoms with Gasteiger partial charge in [-0.1, -0.05) is 48.3 Å². The minimum Gasteiger partial charge on any atom is -0.419 e. The van der Waals surface area contributed by atoms with Gasteiger partial charge in [-0.05, 0) is 42.9 Å². The van der Waals surface area contributed by atoms with E-state index in [0.717, 1.165) is 29.1 Å². The Labute approximate surface area is 239 Å². The predicted octanol–water partition coefficient (Wildman–Crippen LogP) is 4.36. The fourth-order valence-electron chi connectivity index (χ4n) is 4.30. The van der Waals surface area contributed by atoms with E-state index < -0.39 is 15.6 Å². The fourth-order valence-corrected chi connectivity index (χ4v) is 5.30. The third kappa shape index (κ3) is 6.83. The Morgan fingerprint density at radius 2 is 1.95 bits per heavy atom. The summed E-state index contributed by atoms with van der Waals surface area (Å²) in [5.74, 6) is 2.00. The highest BCUT2D eigenvalue weighted by Gasteiger charge is 2.35. The summed E-state index contributed by atoms with van der Waals surface area (Å²) in [6.07, 6.45) is 2.56. The Kier molecular flexibility index (Phi) is 8.77. The first kappa shape index (κ1) is 29.5. The molecule has 1 aromatic carbocycles.